The molecule has 32 heavy (non-hydrogen) atoms. The van der Waals surface area contributed by atoms with Gasteiger partial charge in [-0.2, -0.15) is 0 Å². The van der Waals surface area contributed by atoms with Crippen LogP contribution in [0.2, 0.25) is 0 Å². The lowest BCUT2D eigenvalue weighted by molar-refractivity contribution is -0.142. The molecule has 3 rings (SSSR count). The predicted molar refractivity (Wildman–Crippen MR) is 124 cm³/mol. The van der Waals surface area contributed by atoms with Crippen molar-refractivity contribution < 1.29 is 19.1 Å². The van der Waals surface area contributed by atoms with Crippen molar-refractivity contribution >= 4 is 40.1 Å². The molecule has 2 aromatic heterocycles. The average Bonchev–Trinajstić information content (AvgIpc) is 3.39. The predicted octanol–water partition coefficient (Wildman–Crippen LogP) is 3.43. The Kier molecular flexibility index (Phi) is 8.40. The number of hydrogen-bond acceptors (Lipinski definition) is 9. The number of rotatable bonds is 11. The number of benzene rings is 1. The quantitative estimate of drug-likeness (QED) is 0.256. The molecule has 9 nitrogen and oxygen atoms in total. The summed E-state index contributed by atoms with van der Waals surface area (Å²) >= 11 is 2.53. The van der Waals surface area contributed by atoms with E-state index in [1.165, 1.54) is 23.1 Å². The van der Waals surface area contributed by atoms with Gasteiger partial charge in [0.25, 0.3) is 0 Å². The molecule has 0 fully saturated rings. The van der Waals surface area contributed by atoms with Gasteiger partial charge in [-0.15, -0.1) is 28.1 Å². The smallest absolute Gasteiger partial charge is 0.311 e. The summed E-state index contributed by atoms with van der Waals surface area (Å²) in [5, 5.41) is 14.0. The van der Waals surface area contributed by atoms with E-state index in [9.17, 15) is 9.59 Å². The number of methoxy groups -OCH3 is 1. The third kappa shape index (κ3) is 6.17. The second-order valence-electron chi connectivity index (χ2n) is 6.40. The average molecular weight is 474 g/mol. The van der Waals surface area contributed by atoms with Crippen molar-refractivity contribution in [3.05, 3.63) is 48.0 Å². The van der Waals surface area contributed by atoms with Crippen molar-refractivity contribution in [2.24, 2.45) is 0 Å². The van der Waals surface area contributed by atoms with Gasteiger partial charge in [0, 0.05) is 17.5 Å². The highest BCUT2D eigenvalue weighted by Crippen LogP contribution is 2.26. The normalized spacial score (nSPS) is 10.6. The van der Waals surface area contributed by atoms with E-state index in [-0.39, 0.29) is 24.1 Å². The summed E-state index contributed by atoms with van der Waals surface area (Å²) in [6.07, 6.45) is 1.83. The molecular formula is C21H23N5O4S2. The molecule has 1 amide bonds. The number of esters is 1. The Balaban J connectivity index is 1.62. The fourth-order valence-electron chi connectivity index (χ4n) is 2.73. The van der Waals surface area contributed by atoms with Crippen LogP contribution in [0.4, 0.5) is 5.13 Å². The molecule has 0 atom stereocenters. The first-order valence-electron chi connectivity index (χ1n) is 9.75. The fraction of sp³-hybridized carbons (Fsp3) is 0.286. The fourth-order valence-corrected chi connectivity index (χ4v) is 4.21. The molecule has 11 heteroatoms. The van der Waals surface area contributed by atoms with Crippen LogP contribution in [0.5, 0.6) is 5.75 Å². The second-order valence-corrected chi connectivity index (χ2v) is 8.20. The Morgan fingerprint density at radius 1 is 1.28 bits per heavy atom. The number of amides is 1. The zero-order valence-electron chi connectivity index (χ0n) is 17.7. The Morgan fingerprint density at radius 3 is 2.75 bits per heavy atom. The number of nitrogens with one attached hydrogen (secondary N) is 1. The molecule has 168 valence electrons. The molecule has 3 aromatic rings. The van der Waals surface area contributed by atoms with Crippen LogP contribution in [0, 0.1) is 0 Å². The molecule has 0 unspecified atom stereocenters. The summed E-state index contributed by atoms with van der Waals surface area (Å²) in [5.74, 6) is 0.984. The first kappa shape index (κ1) is 23.5. The van der Waals surface area contributed by atoms with Gasteiger partial charge in [-0.1, -0.05) is 17.8 Å². The largest absolute Gasteiger partial charge is 0.497 e. The van der Waals surface area contributed by atoms with Gasteiger partial charge in [0.2, 0.25) is 5.91 Å². The molecule has 0 radical (unpaired) electrons. The Morgan fingerprint density at radius 2 is 2.06 bits per heavy atom. The molecule has 0 bridgehead atoms. The van der Waals surface area contributed by atoms with Crippen LogP contribution in [0.15, 0.2) is 47.5 Å². The van der Waals surface area contributed by atoms with Crippen LogP contribution < -0.4 is 10.1 Å². The number of thiazole rings is 1. The standard InChI is InChI=1S/C21H23N5O4S2/c1-4-10-26-19(14-6-8-16(29-3)9-7-14)24-25-21(26)32-13-17(27)23-20-22-15(12-31-20)11-18(28)30-5-2/h4,6-9,12H,1,5,10-11,13H2,2-3H3,(H,22,23,27). The van der Waals surface area contributed by atoms with E-state index < -0.39 is 0 Å². The Bertz CT molecular complexity index is 1080. The number of carbonyl (C=O) groups excluding carboxylic acids is 2. The molecule has 0 saturated carbocycles. The number of thioether (sulfide) groups is 1. The molecule has 0 saturated heterocycles. The molecule has 0 aliphatic carbocycles. The van der Waals surface area contributed by atoms with E-state index in [0.29, 0.717) is 35.0 Å². The SMILES string of the molecule is C=CCn1c(SCC(=O)Nc2nc(CC(=O)OCC)cs2)nnc1-c1ccc(OC)cc1. The number of carbonyl (C=O) groups is 2. The van der Waals surface area contributed by atoms with Gasteiger partial charge >= 0.3 is 5.97 Å². The monoisotopic (exact) mass is 473 g/mol. The molecule has 0 aliphatic rings. The van der Waals surface area contributed by atoms with Gasteiger partial charge in [0.05, 0.1) is 31.6 Å². The topological polar surface area (TPSA) is 108 Å². The highest BCUT2D eigenvalue weighted by atomic mass is 32.2. The minimum absolute atomic E-state index is 0.0771. The van der Waals surface area contributed by atoms with Crippen molar-refractivity contribution in [1.29, 1.82) is 0 Å². The number of allylic oxidation sites excluding steroid dienone is 1. The van der Waals surface area contributed by atoms with Gasteiger partial charge in [-0.25, -0.2) is 4.98 Å². The minimum Gasteiger partial charge on any atom is -0.497 e. The second kappa shape index (κ2) is 11.4. The van der Waals surface area contributed by atoms with Crippen LogP contribution in [-0.4, -0.2) is 51.1 Å². The summed E-state index contributed by atoms with van der Waals surface area (Å²) in [4.78, 5) is 28.2. The molecule has 2 heterocycles. The van der Waals surface area contributed by atoms with Crippen molar-refractivity contribution in [1.82, 2.24) is 19.7 Å². The molecule has 0 spiro atoms. The van der Waals surface area contributed by atoms with Crippen LogP contribution in [0.1, 0.15) is 12.6 Å². The number of ether oxygens (including phenoxy) is 2. The summed E-state index contributed by atoms with van der Waals surface area (Å²) in [6.45, 7) is 6.37. The molecule has 1 aromatic carbocycles. The first-order chi connectivity index (χ1) is 15.5. The number of anilines is 1. The lowest BCUT2D eigenvalue weighted by atomic mass is 10.2. The van der Waals surface area contributed by atoms with Crippen LogP contribution in [0.25, 0.3) is 11.4 Å². The number of aromatic nitrogens is 4. The summed E-state index contributed by atoms with van der Waals surface area (Å²) < 4.78 is 12.0. The highest BCUT2D eigenvalue weighted by Gasteiger charge is 2.16. The number of nitrogens with zero attached hydrogens (tertiary/aromatic N) is 4. The number of hydrogen-bond donors (Lipinski definition) is 1. The highest BCUT2D eigenvalue weighted by molar-refractivity contribution is 7.99. The lowest BCUT2D eigenvalue weighted by Crippen LogP contribution is -2.15. The summed E-state index contributed by atoms with van der Waals surface area (Å²) in [5.41, 5.74) is 1.44. The van der Waals surface area contributed by atoms with Gasteiger partial charge in [0.1, 0.15) is 5.75 Å². The maximum Gasteiger partial charge on any atom is 0.311 e. The van der Waals surface area contributed by atoms with Gasteiger partial charge in [-0.3, -0.25) is 14.2 Å². The maximum atomic E-state index is 12.4. The maximum absolute atomic E-state index is 12.4. The first-order valence-corrected chi connectivity index (χ1v) is 11.6. The van der Waals surface area contributed by atoms with E-state index in [1.807, 2.05) is 28.8 Å². The lowest BCUT2D eigenvalue weighted by Gasteiger charge is -2.08. The Hall–Kier alpha value is -3.18. The van der Waals surface area contributed by atoms with E-state index in [4.69, 9.17) is 9.47 Å². The summed E-state index contributed by atoms with van der Waals surface area (Å²) in [7, 11) is 1.61. The van der Waals surface area contributed by atoms with E-state index in [0.717, 1.165) is 11.3 Å². The van der Waals surface area contributed by atoms with Crippen LogP contribution >= 0.6 is 23.1 Å². The van der Waals surface area contributed by atoms with Gasteiger partial charge in [-0.05, 0) is 31.2 Å². The van der Waals surface area contributed by atoms with E-state index >= 15 is 0 Å². The zero-order valence-corrected chi connectivity index (χ0v) is 19.4. The van der Waals surface area contributed by atoms with Gasteiger partial charge in [0.15, 0.2) is 16.1 Å². The van der Waals surface area contributed by atoms with Gasteiger partial charge < -0.3 is 14.8 Å². The Labute approximate surface area is 193 Å². The van der Waals surface area contributed by atoms with Crippen molar-refractivity contribution in [2.75, 3.05) is 24.8 Å². The summed E-state index contributed by atoms with van der Waals surface area (Å²) in [6, 6.07) is 7.51. The molecule has 0 aliphatic heterocycles. The zero-order chi connectivity index (χ0) is 22.9. The third-order valence-corrected chi connectivity index (χ3v) is 5.91. The molecular weight excluding hydrogens is 450 g/mol. The van der Waals surface area contributed by atoms with Crippen LogP contribution in [0.3, 0.4) is 0 Å². The van der Waals surface area contributed by atoms with Crippen molar-refractivity contribution in [3.8, 4) is 17.1 Å². The minimum atomic E-state index is -0.347. The van der Waals surface area contributed by atoms with Crippen LogP contribution in [-0.2, 0) is 27.3 Å². The third-order valence-electron chi connectivity index (χ3n) is 4.14. The van der Waals surface area contributed by atoms with E-state index in [1.54, 1.807) is 25.5 Å². The molecule has 1 N–H and O–H groups in total. The van der Waals surface area contributed by atoms with E-state index in [2.05, 4.69) is 27.1 Å². The van der Waals surface area contributed by atoms with Crippen molar-refractivity contribution in [3.63, 3.8) is 0 Å². The van der Waals surface area contributed by atoms with Crippen molar-refractivity contribution in [2.45, 2.75) is 25.0 Å².